The molecule has 2 heterocycles. The number of hydrogen-bond acceptors (Lipinski definition) is 5. The molecule has 2 atom stereocenters. The van der Waals surface area contributed by atoms with Gasteiger partial charge in [0.2, 0.25) is 0 Å². The summed E-state index contributed by atoms with van der Waals surface area (Å²) in [6, 6.07) is 6.41. The molecule has 1 aromatic rings. The summed E-state index contributed by atoms with van der Waals surface area (Å²) in [5.74, 6) is 0.234. The van der Waals surface area contributed by atoms with E-state index in [2.05, 4.69) is 16.1 Å². The Morgan fingerprint density at radius 2 is 2.15 bits per heavy atom. The molecule has 3 amide bonds. The smallest absolute Gasteiger partial charge is 0.344 e. The summed E-state index contributed by atoms with van der Waals surface area (Å²) >= 11 is 5.19. The van der Waals surface area contributed by atoms with Gasteiger partial charge in [-0.25, -0.2) is 4.79 Å². The molecule has 2 aliphatic heterocycles. The van der Waals surface area contributed by atoms with Crippen molar-refractivity contribution < 1.29 is 19.1 Å². The summed E-state index contributed by atoms with van der Waals surface area (Å²) in [5.41, 5.74) is 2.13. The summed E-state index contributed by atoms with van der Waals surface area (Å²) < 4.78 is 10.6. The van der Waals surface area contributed by atoms with E-state index in [1.54, 1.807) is 38.3 Å². The average Bonchev–Trinajstić information content (AvgIpc) is 3.23. The number of amides is 3. The third-order valence-corrected chi connectivity index (χ3v) is 4.82. The highest BCUT2D eigenvalue weighted by Crippen LogP contribution is 2.29. The number of carbonyl (C=O) groups excluding carboxylic acids is 2. The number of carbonyl (C=O) groups is 2. The van der Waals surface area contributed by atoms with Crippen molar-refractivity contribution in [1.29, 1.82) is 0 Å². The molecule has 9 heteroatoms. The maximum absolute atomic E-state index is 12.8. The summed E-state index contributed by atoms with van der Waals surface area (Å²) in [4.78, 5) is 25.1. The van der Waals surface area contributed by atoms with Crippen LogP contribution in [0, 0.1) is 0 Å². The van der Waals surface area contributed by atoms with Crippen LogP contribution in [0.25, 0.3) is 0 Å². The van der Waals surface area contributed by atoms with Gasteiger partial charge in [-0.2, -0.15) is 5.01 Å². The van der Waals surface area contributed by atoms with Gasteiger partial charge in [-0.05, 0) is 49.7 Å². The fraction of sp³-hybridized carbons (Fsp3) is 0.471. The predicted molar refractivity (Wildman–Crippen MR) is 98.4 cm³/mol. The predicted octanol–water partition coefficient (Wildman–Crippen LogP) is 1.02. The second-order valence-corrected chi connectivity index (χ2v) is 6.79. The number of thiocarbonyl (C=S) groups is 1. The molecule has 2 saturated heterocycles. The van der Waals surface area contributed by atoms with Crippen LogP contribution < -0.4 is 20.8 Å². The molecule has 2 fully saturated rings. The minimum absolute atomic E-state index is 0.0995. The van der Waals surface area contributed by atoms with Crippen molar-refractivity contribution in [3.8, 4) is 5.75 Å². The second-order valence-electron chi connectivity index (χ2n) is 6.38. The van der Waals surface area contributed by atoms with Gasteiger partial charge < -0.3 is 20.1 Å². The zero-order valence-electron chi connectivity index (χ0n) is 14.7. The highest BCUT2D eigenvalue weighted by atomic mass is 32.1. The summed E-state index contributed by atoms with van der Waals surface area (Å²) in [5, 5.41) is 6.78. The Hall–Kier alpha value is -2.39. The summed E-state index contributed by atoms with van der Waals surface area (Å²) in [6.45, 7) is 2.94. The van der Waals surface area contributed by atoms with E-state index in [1.165, 1.54) is 0 Å². The Kier molecular flexibility index (Phi) is 5.28. The van der Waals surface area contributed by atoms with Crippen molar-refractivity contribution in [3.05, 3.63) is 29.8 Å². The van der Waals surface area contributed by atoms with Crippen LogP contribution in [0.5, 0.6) is 5.75 Å². The van der Waals surface area contributed by atoms with E-state index in [4.69, 9.17) is 21.7 Å². The highest BCUT2D eigenvalue weighted by Gasteiger charge is 2.49. The number of hydrazine groups is 1. The first-order valence-corrected chi connectivity index (χ1v) is 8.82. The Bertz CT molecular complexity index is 705. The van der Waals surface area contributed by atoms with E-state index in [1.807, 2.05) is 0 Å². The molecule has 0 unspecified atom stereocenters. The lowest BCUT2D eigenvalue weighted by Crippen LogP contribution is -2.52. The van der Waals surface area contributed by atoms with Crippen molar-refractivity contribution in [2.75, 3.05) is 20.3 Å². The maximum Gasteiger partial charge on any atom is 0.344 e. The molecule has 140 valence electrons. The summed E-state index contributed by atoms with van der Waals surface area (Å²) in [7, 11) is 1.56. The maximum atomic E-state index is 12.8. The first-order valence-electron chi connectivity index (χ1n) is 8.41. The van der Waals surface area contributed by atoms with E-state index >= 15 is 0 Å². The Morgan fingerprint density at radius 3 is 2.77 bits per heavy atom. The second kappa shape index (κ2) is 7.46. The lowest BCUT2D eigenvalue weighted by atomic mass is 9.92. The molecule has 0 spiro atoms. The van der Waals surface area contributed by atoms with Crippen molar-refractivity contribution >= 4 is 29.3 Å². The number of hydrogen-bond donors (Lipinski definition) is 3. The molecule has 0 saturated carbocycles. The lowest BCUT2D eigenvalue weighted by molar-refractivity contribution is -0.132. The molecule has 0 aliphatic carbocycles. The van der Waals surface area contributed by atoms with Gasteiger partial charge in [0.1, 0.15) is 11.3 Å². The van der Waals surface area contributed by atoms with Crippen LogP contribution >= 0.6 is 12.2 Å². The fourth-order valence-electron chi connectivity index (χ4n) is 3.01. The van der Waals surface area contributed by atoms with Gasteiger partial charge in [0.05, 0.1) is 13.2 Å². The fourth-order valence-corrected chi connectivity index (χ4v) is 3.19. The Morgan fingerprint density at radius 1 is 1.42 bits per heavy atom. The monoisotopic (exact) mass is 378 g/mol. The molecule has 0 bridgehead atoms. The largest absolute Gasteiger partial charge is 0.497 e. The van der Waals surface area contributed by atoms with Gasteiger partial charge in [0.25, 0.3) is 5.91 Å². The van der Waals surface area contributed by atoms with Crippen LogP contribution in [0.1, 0.15) is 25.3 Å². The van der Waals surface area contributed by atoms with E-state index in [0.29, 0.717) is 17.9 Å². The number of benzene rings is 1. The third-order valence-electron chi connectivity index (χ3n) is 4.59. The molecule has 0 aromatic heterocycles. The molecule has 26 heavy (non-hydrogen) atoms. The Balaban J connectivity index is 1.64. The molecule has 3 N–H and O–H groups in total. The molecule has 1 aromatic carbocycles. The zero-order chi connectivity index (χ0) is 18.7. The first kappa shape index (κ1) is 18.4. The lowest BCUT2D eigenvalue weighted by Gasteiger charge is -2.23. The minimum Gasteiger partial charge on any atom is -0.497 e. The molecular formula is C17H22N4O4S. The molecule has 8 nitrogen and oxygen atoms in total. The number of nitrogens with zero attached hydrogens (tertiary/aromatic N) is 1. The van der Waals surface area contributed by atoms with Crippen LogP contribution in [0.3, 0.4) is 0 Å². The molecular weight excluding hydrogens is 356 g/mol. The zero-order valence-corrected chi connectivity index (χ0v) is 15.5. The van der Waals surface area contributed by atoms with Crippen LogP contribution in [-0.4, -0.2) is 48.4 Å². The number of urea groups is 1. The van der Waals surface area contributed by atoms with Crippen molar-refractivity contribution in [2.45, 2.75) is 31.4 Å². The molecule has 2 aliphatic rings. The van der Waals surface area contributed by atoms with Crippen LogP contribution in [0.15, 0.2) is 24.3 Å². The van der Waals surface area contributed by atoms with Gasteiger partial charge in [-0.3, -0.25) is 10.2 Å². The van der Waals surface area contributed by atoms with Crippen molar-refractivity contribution in [3.63, 3.8) is 0 Å². The first-order chi connectivity index (χ1) is 12.4. The number of rotatable bonds is 5. The van der Waals surface area contributed by atoms with Gasteiger partial charge in [-0.1, -0.05) is 12.1 Å². The van der Waals surface area contributed by atoms with Gasteiger partial charge >= 0.3 is 6.03 Å². The van der Waals surface area contributed by atoms with Crippen molar-refractivity contribution in [1.82, 2.24) is 21.1 Å². The van der Waals surface area contributed by atoms with Gasteiger partial charge in [0.15, 0.2) is 5.11 Å². The topological polar surface area (TPSA) is 91.9 Å². The van der Waals surface area contributed by atoms with E-state index in [0.717, 1.165) is 24.5 Å². The van der Waals surface area contributed by atoms with E-state index in [9.17, 15) is 9.59 Å². The Labute approximate surface area is 157 Å². The minimum atomic E-state index is -1.18. The van der Waals surface area contributed by atoms with Crippen LogP contribution in [0.4, 0.5) is 4.79 Å². The quantitative estimate of drug-likeness (QED) is 0.520. The van der Waals surface area contributed by atoms with Crippen LogP contribution in [0.2, 0.25) is 0 Å². The molecule has 0 radical (unpaired) electrons. The van der Waals surface area contributed by atoms with Gasteiger partial charge in [-0.15, -0.1) is 0 Å². The SMILES string of the molecule is COc1ccc([C@]2(C)NC(=O)N(NC(=S)NC[C@@H]3CCCO3)C2=O)cc1. The number of nitrogens with one attached hydrogen (secondary N) is 3. The number of ether oxygens (including phenoxy) is 2. The van der Waals surface area contributed by atoms with Crippen molar-refractivity contribution in [2.24, 2.45) is 0 Å². The highest BCUT2D eigenvalue weighted by molar-refractivity contribution is 7.80. The van der Waals surface area contributed by atoms with E-state index in [-0.39, 0.29) is 11.2 Å². The molecule has 3 rings (SSSR count). The number of imide groups is 1. The average molecular weight is 378 g/mol. The third kappa shape index (κ3) is 3.58. The normalized spacial score (nSPS) is 25.2. The van der Waals surface area contributed by atoms with E-state index < -0.39 is 17.5 Å². The number of methoxy groups -OCH3 is 1. The van der Waals surface area contributed by atoms with Crippen LogP contribution in [-0.2, 0) is 15.1 Å². The van der Waals surface area contributed by atoms with Gasteiger partial charge in [0, 0.05) is 13.2 Å². The summed E-state index contributed by atoms with van der Waals surface area (Å²) in [6.07, 6.45) is 2.09. The standard InChI is InChI=1S/C17H22N4O4S/c1-17(11-5-7-12(24-2)8-6-11)14(22)21(16(23)19-17)20-15(26)18-10-13-4-3-9-25-13/h5-8,13H,3-4,9-10H2,1-2H3,(H,19,23)(H2,18,20,26)/t13-,17-/m0/s1.